The molecule has 0 saturated heterocycles. The molecule has 0 aliphatic rings. The maximum absolute atomic E-state index is 6.92. The first-order chi connectivity index (χ1) is 9.30. The lowest BCUT2D eigenvalue weighted by molar-refractivity contribution is -0.0394. The Hall–Kier alpha value is -2.03. The molecule has 0 fully saturated rings. The van der Waals surface area contributed by atoms with Crippen LogP contribution in [0.1, 0.15) is 24.0 Å². The highest BCUT2D eigenvalue weighted by Crippen LogP contribution is 2.11. The standard InChI is InChI=1S/C16H21NO2/c1-3-5-6-14-7-9-15(10-8-14)11-12-16(18-4-2)19-13-17/h3-4,7-10,13,16-17H,1-2,5-6,11-12H2. The largest absolute Gasteiger partial charge is 0.463 e. The molecule has 1 aromatic rings. The van der Waals surface area contributed by atoms with Crippen molar-refractivity contribution in [3.05, 3.63) is 60.9 Å². The van der Waals surface area contributed by atoms with Gasteiger partial charge < -0.3 is 9.47 Å². The van der Waals surface area contributed by atoms with Crippen molar-refractivity contribution in [1.29, 1.82) is 5.41 Å². The number of hydrogen-bond donors (Lipinski definition) is 1. The Bertz CT molecular complexity index is 388. The highest BCUT2D eigenvalue weighted by atomic mass is 16.7. The summed E-state index contributed by atoms with van der Waals surface area (Å²) in [6.07, 6.45) is 7.29. The molecule has 0 aliphatic carbocycles. The SMILES string of the molecule is C=CCCc1ccc(CCC(OC=C)OC=N)cc1. The first-order valence-electron chi connectivity index (χ1n) is 6.39. The van der Waals surface area contributed by atoms with Gasteiger partial charge in [0.25, 0.3) is 0 Å². The van der Waals surface area contributed by atoms with Crippen molar-refractivity contribution in [3.63, 3.8) is 0 Å². The third kappa shape index (κ3) is 5.91. The molecule has 19 heavy (non-hydrogen) atoms. The third-order valence-electron chi connectivity index (χ3n) is 2.80. The quantitative estimate of drug-likeness (QED) is 0.228. The van der Waals surface area contributed by atoms with Gasteiger partial charge in [0.1, 0.15) is 0 Å². The molecule has 1 rings (SSSR count). The van der Waals surface area contributed by atoms with Gasteiger partial charge >= 0.3 is 0 Å². The third-order valence-corrected chi connectivity index (χ3v) is 2.80. The normalized spacial score (nSPS) is 11.4. The highest BCUT2D eigenvalue weighted by Gasteiger charge is 2.07. The fourth-order valence-electron chi connectivity index (χ4n) is 1.78. The summed E-state index contributed by atoms with van der Waals surface area (Å²) in [5, 5.41) is 6.92. The van der Waals surface area contributed by atoms with Gasteiger partial charge in [-0.2, -0.15) is 0 Å². The van der Waals surface area contributed by atoms with Crippen molar-refractivity contribution < 1.29 is 9.47 Å². The predicted octanol–water partition coefficient (Wildman–Crippen LogP) is 3.85. The summed E-state index contributed by atoms with van der Waals surface area (Å²) in [7, 11) is 0. The Morgan fingerprint density at radius 3 is 2.21 bits per heavy atom. The lowest BCUT2D eigenvalue weighted by atomic mass is 10.0. The lowest BCUT2D eigenvalue weighted by Gasteiger charge is -2.14. The fourth-order valence-corrected chi connectivity index (χ4v) is 1.78. The van der Waals surface area contributed by atoms with Crippen LogP contribution in [0.25, 0.3) is 0 Å². The summed E-state index contributed by atoms with van der Waals surface area (Å²) in [4.78, 5) is 0. The summed E-state index contributed by atoms with van der Waals surface area (Å²) in [5.41, 5.74) is 2.55. The number of ether oxygens (including phenoxy) is 2. The van der Waals surface area contributed by atoms with E-state index >= 15 is 0 Å². The second-order valence-electron chi connectivity index (χ2n) is 4.17. The maximum atomic E-state index is 6.92. The molecule has 3 nitrogen and oxygen atoms in total. The van der Waals surface area contributed by atoms with E-state index in [1.807, 2.05) is 6.08 Å². The fraction of sp³-hybridized carbons (Fsp3) is 0.312. The molecule has 0 aliphatic heterocycles. The molecule has 1 N–H and O–H groups in total. The summed E-state index contributed by atoms with van der Waals surface area (Å²) >= 11 is 0. The number of hydrogen-bond acceptors (Lipinski definition) is 3. The predicted molar refractivity (Wildman–Crippen MR) is 78.2 cm³/mol. The molecular formula is C16H21NO2. The maximum Gasteiger partial charge on any atom is 0.241 e. The van der Waals surface area contributed by atoms with Crippen LogP contribution in [0.5, 0.6) is 0 Å². The van der Waals surface area contributed by atoms with Crippen molar-refractivity contribution in [2.24, 2.45) is 0 Å². The Balaban J connectivity index is 2.45. The van der Waals surface area contributed by atoms with Crippen molar-refractivity contribution in [1.82, 2.24) is 0 Å². The van der Waals surface area contributed by atoms with Gasteiger partial charge in [-0.1, -0.05) is 36.9 Å². The number of rotatable bonds is 10. The lowest BCUT2D eigenvalue weighted by Crippen LogP contribution is -2.14. The van der Waals surface area contributed by atoms with E-state index in [0.717, 1.165) is 25.7 Å². The molecule has 1 aromatic carbocycles. The number of benzene rings is 1. The van der Waals surface area contributed by atoms with E-state index < -0.39 is 6.29 Å². The van der Waals surface area contributed by atoms with E-state index in [-0.39, 0.29) is 0 Å². The first-order valence-corrected chi connectivity index (χ1v) is 6.39. The van der Waals surface area contributed by atoms with Gasteiger partial charge in [0.05, 0.1) is 6.26 Å². The van der Waals surface area contributed by atoms with Crippen molar-refractivity contribution >= 4 is 6.40 Å². The zero-order chi connectivity index (χ0) is 13.9. The minimum Gasteiger partial charge on any atom is -0.463 e. The minimum atomic E-state index is -0.435. The molecule has 3 heteroatoms. The van der Waals surface area contributed by atoms with Crippen LogP contribution < -0.4 is 0 Å². The first kappa shape index (κ1) is 15.0. The minimum absolute atomic E-state index is 0.435. The Kier molecular flexibility index (Phi) is 7.10. The summed E-state index contributed by atoms with van der Waals surface area (Å²) in [5.74, 6) is 0. The van der Waals surface area contributed by atoms with Gasteiger partial charge in [-0.3, -0.25) is 5.41 Å². The second-order valence-corrected chi connectivity index (χ2v) is 4.17. The van der Waals surface area contributed by atoms with E-state index in [4.69, 9.17) is 14.9 Å². The monoisotopic (exact) mass is 259 g/mol. The van der Waals surface area contributed by atoms with Gasteiger partial charge in [0.2, 0.25) is 6.29 Å². The van der Waals surface area contributed by atoms with E-state index in [1.54, 1.807) is 0 Å². The van der Waals surface area contributed by atoms with Crippen LogP contribution in [0.4, 0.5) is 0 Å². The van der Waals surface area contributed by atoms with Crippen LogP contribution in [-0.2, 0) is 22.3 Å². The van der Waals surface area contributed by atoms with Gasteiger partial charge in [-0.05, 0) is 30.4 Å². The summed E-state index contributed by atoms with van der Waals surface area (Å²) in [6.45, 7) is 7.22. The van der Waals surface area contributed by atoms with E-state index in [0.29, 0.717) is 6.42 Å². The average Bonchev–Trinajstić information content (AvgIpc) is 2.44. The molecule has 0 saturated carbocycles. The molecule has 0 spiro atoms. The molecule has 1 unspecified atom stereocenters. The smallest absolute Gasteiger partial charge is 0.241 e. The van der Waals surface area contributed by atoms with Gasteiger partial charge in [-0.15, -0.1) is 6.58 Å². The van der Waals surface area contributed by atoms with Gasteiger partial charge in [-0.25, -0.2) is 0 Å². The average molecular weight is 259 g/mol. The summed E-state index contributed by atoms with van der Waals surface area (Å²) < 4.78 is 10.2. The Morgan fingerprint density at radius 1 is 1.05 bits per heavy atom. The number of aryl methyl sites for hydroxylation is 2. The number of allylic oxidation sites excluding steroid dienone is 1. The molecule has 0 aromatic heterocycles. The molecule has 0 amide bonds. The van der Waals surface area contributed by atoms with Gasteiger partial charge in [0, 0.05) is 6.42 Å². The highest BCUT2D eigenvalue weighted by molar-refractivity contribution is 5.41. The van der Waals surface area contributed by atoms with Crippen LogP contribution in [0.2, 0.25) is 0 Å². The topological polar surface area (TPSA) is 42.3 Å². The van der Waals surface area contributed by atoms with Crippen LogP contribution >= 0.6 is 0 Å². The van der Waals surface area contributed by atoms with E-state index in [2.05, 4.69) is 37.4 Å². The Morgan fingerprint density at radius 2 is 1.68 bits per heavy atom. The molecular weight excluding hydrogens is 238 g/mol. The molecule has 1 atom stereocenters. The van der Waals surface area contributed by atoms with E-state index in [9.17, 15) is 0 Å². The zero-order valence-electron chi connectivity index (χ0n) is 11.2. The van der Waals surface area contributed by atoms with Gasteiger partial charge in [0.15, 0.2) is 6.40 Å². The van der Waals surface area contributed by atoms with E-state index in [1.165, 1.54) is 17.4 Å². The molecule has 0 bridgehead atoms. The van der Waals surface area contributed by atoms with Crippen LogP contribution in [0, 0.1) is 5.41 Å². The van der Waals surface area contributed by atoms with Crippen molar-refractivity contribution in [2.45, 2.75) is 32.0 Å². The Labute approximate surface area is 115 Å². The molecule has 0 radical (unpaired) electrons. The molecule has 0 heterocycles. The summed E-state index contributed by atoms with van der Waals surface area (Å²) in [6, 6.07) is 8.51. The van der Waals surface area contributed by atoms with Crippen LogP contribution in [0.3, 0.4) is 0 Å². The number of nitrogens with one attached hydrogen (secondary N) is 1. The van der Waals surface area contributed by atoms with Crippen LogP contribution in [0.15, 0.2) is 49.8 Å². The second kappa shape index (κ2) is 8.97. The molecule has 102 valence electrons. The van der Waals surface area contributed by atoms with Crippen molar-refractivity contribution in [2.75, 3.05) is 0 Å². The van der Waals surface area contributed by atoms with Crippen molar-refractivity contribution in [3.8, 4) is 0 Å². The van der Waals surface area contributed by atoms with Crippen LogP contribution in [-0.4, -0.2) is 12.7 Å². The zero-order valence-corrected chi connectivity index (χ0v) is 11.2.